The molecular weight excluding hydrogens is 214 g/mol. The first-order valence-corrected chi connectivity index (χ1v) is 6.64. The van der Waals surface area contributed by atoms with Crippen LogP contribution in [0.2, 0.25) is 0 Å². The fourth-order valence-electron chi connectivity index (χ4n) is 2.33. The van der Waals surface area contributed by atoms with Gasteiger partial charge in [-0.05, 0) is 12.8 Å². The summed E-state index contributed by atoms with van der Waals surface area (Å²) >= 11 is 0. The number of aromatic nitrogens is 2. The molecule has 1 heterocycles. The zero-order chi connectivity index (χ0) is 11.9. The van der Waals surface area contributed by atoms with Crippen LogP contribution in [0.4, 0.5) is 0 Å². The molecule has 0 unspecified atom stereocenters. The maximum atomic E-state index is 5.84. The van der Waals surface area contributed by atoms with Crippen LogP contribution in [0.25, 0.3) is 0 Å². The SMILES string of the molecule is Cn1cc(CNCCOC2CCCCC2)cn1. The highest BCUT2D eigenvalue weighted by Gasteiger charge is 2.12. The molecule has 1 fully saturated rings. The van der Waals surface area contributed by atoms with Gasteiger partial charge in [-0.1, -0.05) is 19.3 Å². The number of hydrogen-bond acceptors (Lipinski definition) is 3. The monoisotopic (exact) mass is 237 g/mol. The van der Waals surface area contributed by atoms with E-state index in [2.05, 4.69) is 10.4 Å². The summed E-state index contributed by atoms with van der Waals surface area (Å²) in [5, 5.41) is 7.51. The first-order chi connectivity index (χ1) is 8.34. The van der Waals surface area contributed by atoms with Crippen LogP contribution in [-0.2, 0) is 18.3 Å². The van der Waals surface area contributed by atoms with E-state index in [1.54, 1.807) is 0 Å². The molecule has 4 heteroatoms. The van der Waals surface area contributed by atoms with Crippen molar-refractivity contribution >= 4 is 0 Å². The molecule has 0 aromatic carbocycles. The lowest BCUT2D eigenvalue weighted by Gasteiger charge is -2.21. The van der Waals surface area contributed by atoms with Crippen molar-refractivity contribution in [2.75, 3.05) is 13.2 Å². The van der Waals surface area contributed by atoms with Crippen molar-refractivity contribution < 1.29 is 4.74 Å². The fourth-order valence-corrected chi connectivity index (χ4v) is 2.33. The number of nitrogens with zero attached hydrogens (tertiary/aromatic N) is 2. The lowest BCUT2D eigenvalue weighted by atomic mass is 9.98. The standard InChI is InChI=1S/C13H23N3O/c1-16-11-12(10-15-16)9-14-7-8-17-13-5-3-2-4-6-13/h10-11,13-14H,2-9H2,1H3. The largest absolute Gasteiger partial charge is 0.377 e. The molecule has 0 saturated heterocycles. The number of hydrogen-bond donors (Lipinski definition) is 1. The Morgan fingerprint density at radius 2 is 2.24 bits per heavy atom. The fraction of sp³-hybridized carbons (Fsp3) is 0.769. The molecule has 0 atom stereocenters. The van der Waals surface area contributed by atoms with Gasteiger partial charge in [-0.3, -0.25) is 4.68 Å². The highest BCUT2D eigenvalue weighted by molar-refractivity contribution is 5.02. The minimum Gasteiger partial charge on any atom is -0.377 e. The van der Waals surface area contributed by atoms with Crippen LogP contribution in [0, 0.1) is 0 Å². The summed E-state index contributed by atoms with van der Waals surface area (Å²) in [7, 11) is 1.94. The zero-order valence-corrected chi connectivity index (χ0v) is 10.7. The Bertz CT molecular complexity index is 318. The van der Waals surface area contributed by atoms with Gasteiger partial charge in [-0.2, -0.15) is 5.10 Å². The summed E-state index contributed by atoms with van der Waals surface area (Å²) in [5.41, 5.74) is 1.23. The third-order valence-corrected chi connectivity index (χ3v) is 3.27. The Morgan fingerprint density at radius 3 is 2.94 bits per heavy atom. The molecule has 0 aliphatic heterocycles. The van der Waals surface area contributed by atoms with E-state index in [0.717, 1.165) is 19.7 Å². The van der Waals surface area contributed by atoms with Crippen molar-refractivity contribution in [1.82, 2.24) is 15.1 Å². The summed E-state index contributed by atoms with van der Waals surface area (Å²) < 4.78 is 7.67. The molecule has 0 spiro atoms. The average molecular weight is 237 g/mol. The second-order valence-electron chi connectivity index (χ2n) is 4.83. The van der Waals surface area contributed by atoms with E-state index in [1.807, 2.05) is 24.1 Å². The van der Waals surface area contributed by atoms with Gasteiger partial charge in [0.25, 0.3) is 0 Å². The van der Waals surface area contributed by atoms with Gasteiger partial charge in [-0.25, -0.2) is 0 Å². The van der Waals surface area contributed by atoms with Crippen molar-refractivity contribution in [2.45, 2.75) is 44.8 Å². The molecule has 96 valence electrons. The van der Waals surface area contributed by atoms with Gasteiger partial charge < -0.3 is 10.1 Å². The summed E-state index contributed by atoms with van der Waals surface area (Å²) in [6.07, 6.45) is 11.0. The molecule has 1 aliphatic carbocycles. The van der Waals surface area contributed by atoms with Crippen molar-refractivity contribution in [1.29, 1.82) is 0 Å². The predicted octanol–water partition coefficient (Wildman–Crippen LogP) is 1.86. The van der Waals surface area contributed by atoms with Crippen LogP contribution in [0.3, 0.4) is 0 Å². The normalized spacial score (nSPS) is 17.5. The van der Waals surface area contributed by atoms with E-state index >= 15 is 0 Å². The molecular formula is C13H23N3O. The van der Waals surface area contributed by atoms with E-state index in [1.165, 1.54) is 37.7 Å². The average Bonchev–Trinajstić information content (AvgIpc) is 2.76. The molecule has 1 saturated carbocycles. The molecule has 1 aromatic heterocycles. The van der Waals surface area contributed by atoms with Gasteiger partial charge in [0.05, 0.1) is 18.9 Å². The van der Waals surface area contributed by atoms with Gasteiger partial charge in [-0.15, -0.1) is 0 Å². The highest BCUT2D eigenvalue weighted by Crippen LogP contribution is 2.19. The third-order valence-electron chi connectivity index (χ3n) is 3.27. The van der Waals surface area contributed by atoms with Crippen LogP contribution in [0.1, 0.15) is 37.7 Å². The van der Waals surface area contributed by atoms with E-state index in [4.69, 9.17) is 4.74 Å². The molecule has 0 radical (unpaired) electrons. The molecule has 0 amide bonds. The first kappa shape index (κ1) is 12.6. The maximum Gasteiger partial charge on any atom is 0.0594 e. The lowest BCUT2D eigenvalue weighted by Crippen LogP contribution is -2.24. The maximum absolute atomic E-state index is 5.84. The van der Waals surface area contributed by atoms with Crippen molar-refractivity contribution in [3.05, 3.63) is 18.0 Å². The Kier molecular flexibility index (Phi) is 5.01. The Hall–Kier alpha value is -0.870. The summed E-state index contributed by atoms with van der Waals surface area (Å²) in [5.74, 6) is 0. The number of aryl methyl sites for hydroxylation is 1. The van der Waals surface area contributed by atoms with Crippen LogP contribution >= 0.6 is 0 Å². The van der Waals surface area contributed by atoms with Crippen molar-refractivity contribution in [3.63, 3.8) is 0 Å². The zero-order valence-electron chi connectivity index (χ0n) is 10.7. The Morgan fingerprint density at radius 1 is 1.41 bits per heavy atom. The van der Waals surface area contributed by atoms with Gasteiger partial charge in [0.2, 0.25) is 0 Å². The minimum atomic E-state index is 0.518. The minimum absolute atomic E-state index is 0.518. The number of nitrogens with one attached hydrogen (secondary N) is 1. The molecule has 4 nitrogen and oxygen atoms in total. The smallest absolute Gasteiger partial charge is 0.0594 e. The number of ether oxygens (including phenoxy) is 1. The molecule has 17 heavy (non-hydrogen) atoms. The van der Waals surface area contributed by atoms with E-state index in [-0.39, 0.29) is 0 Å². The Balaban J connectivity index is 1.51. The van der Waals surface area contributed by atoms with Gasteiger partial charge >= 0.3 is 0 Å². The molecule has 1 aromatic rings. The first-order valence-electron chi connectivity index (χ1n) is 6.64. The highest BCUT2D eigenvalue weighted by atomic mass is 16.5. The van der Waals surface area contributed by atoms with Crippen molar-refractivity contribution in [3.8, 4) is 0 Å². The third kappa shape index (κ3) is 4.48. The van der Waals surface area contributed by atoms with E-state index in [9.17, 15) is 0 Å². The van der Waals surface area contributed by atoms with Gasteiger partial charge in [0, 0.05) is 31.9 Å². The second kappa shape index (κ2) is 6.77. The molecule has 0 bridgehead atoms. The molecule has 1 N–H and O–H groups in total. The second-order valence-corrected chi connectivity index (χ2v) is 4.83. The lowest BCUT2D eigenvalue weighted by molar-refractivity contribution is 0.0302. The van der Waals surface area contributed by atoms with Gasteiger partial charge in [0.15, 0.2) is 0 Å². The van der Waals surface area contributed by atoms with Crippen LogP contribution < -0.4 is 5.32 Å². The van der Waals surface area contributed by atoms with Crippen LogP contribution in [-0.4, -0.2) is 29.0 Å². The summed E-state index contributed by atoms with van der Waals surface area (Å²) in [6, 6.07) is 0. The quantitative estimate of drug-likeness (QED) is 0.768. The molecule has 1 aliphatic rings. The topological polar surface area (TPSA) is 39.1 Å². The van der Waals surface area contributed by atoms with E-state index in [0.29, 0.717) is 6.10 Å². The molecule has 2 rings (SSSR count). The number of rotatable bonds is 6. The Labute approximate surface area is 103 Å². The van der Waals surface area contributed by atoms with Crippen molar-refractivity contribution in [2.24, 2.45) is 7.05 Å². The van der Waals surface area contributed by atoms with Crippen LogP contribution in [0.15, 0.2) is 12.4 Å². The van der Waals surface area contributed by atoms with Gasteiger partial charge in [0.1, 0.15) is 0 Å². The summed E-state index contributed by atoms with van der Waals surface area (Å²) in [4.78, 5) is 0. The van der Waals surface area contributed by atoms with Crippen LogP contribution in [0.5, 0.6) is 0 Å². The summed E-state index contributed by atoms with van der Waals surface area (Å²) in [6.45, 7) is 2.62. The van der Waals surface area contributed by atoms with E-state index < -0.39 is 0 Å². The predicted molar refractivity (Wildman–Crippen MR) is 67.7 cm³/mol.